The highest BCUT2D eigenvalue weighted by Gasteiger charge is 2.18. The van der Waals surface area contributed by atoms with E-state index in [0.29, 0.717) is 24.3 Å². The van der Waals surface area contributed by atoms with Crippen LogP contribution < -0.4 is 10.0 Å². The smallest absolute Gasteiger partial charge is 0.356 e. The van der Waals surface area contributed by atoms with Gasteiger partial charge in [0.05, 0.1) is 10.6 Å². The fourth-order valence-corrected chi connectivity index (χ4v) is 2.99. The summed E-state index contributed by atoms with van der Waals surface area (Å²) >= 11 is 0. The molecule has 2 aromatic rings. The zero-order valence-electron chi connectivity index (χ0n) is 13.7. The Kier molecular flexibility index (Phi) is 5.42. The van der Waals surface area contributed by atoms with Gasteiger partial charge in [0.2, 0.25) is 0 Å². The van der Waals surface area contributed by atoms with Gasteiger partial charge in [-0.1, -0.05) is 6.92 Å². The van der Waals surface area contributed by atoms with E-state index >= 15 is 0 Å². The van der Waals surface area contributed by atoms with Gasteiger partial charge in [0, 0.05) is 12.2 Å². The Morgan fingerprint density at radius 3 is 2.40 bits per heavy atom. The van der Waals surface area contributed by atoms with Crippen molar-refractivity contribution < 1.29 is 23.1 Å². The van der Waals surface area contributed by atoms with Crippen molar-refractivity contribution in [2.45, 2.75) is 25.2 Å². The second-order valence-electron chi connectivity index (χ2n) is 5.24. The molecule has 0 unspecified atom stereocenters. The lowest BCUT2D eigenvalue weighted by molar-refractivity contribution is 0.0690. The number of hydrogen-bond donors (Lipinski definition) is 3. The van der Waals surface area contributed by atoms with E-state index in [1.54, 1.807) is 6.92 Å². The van der Waals surface area contributed by atoms with Gasteiger partial charge >= 0.3 is 12.0 Å². The normalized spacial score (nSPS) is 11.1. The Labute approximate surface area is 144 Å². The molecule has 0 aliphatic rings. The first-order valence-electron chi connectivity index (χ1n) is 7.45. The minimum absolute atomic E-state index is 0.0915. The Morgan fingerprint density at radius 1 is 1.24 bits per heavy atom. The molecular weight excluding hydrogens is 348 g/mol. The summed E-state index contributed by atoms with van der Waals surface area (Å²) in [5.74, 6) is -1.15. The molecule has 0 radical (unpaired) electrons. The SMILES string of the molecule is CCCNC(=O)NS(=O)(=O)c1ccc(-n2nc(C(=O)O)cc2C)cc1. The van der Waals surface area contributed by atoms with Crippen LogP contribution in [0, 0.1) is 6.92 Å². The molecule has 0 aliphatic carbocycles. The van der Waals surface area contributed by atoms with Crippen LogP contribution in [0.25, 0.3) is 5.69 Å². The van der Waals surface area contributed by atoms with Gasteiger partial charge in [-0.25, -0.2) is 27.4 Å². The molecule has 10 heteroatoms. The molecule has 0 saturated heterocycles. The Hall–Kier alpha value is -2.88. The van der Waals surface area contributed by atoms with Crippen LogP contribution in [-0.2, 0) is 10.0 Å². The van der Waals surface area contributed by atoms with Crippen LogP contribution in [0.3, 0.4) is 0 Å². The molecule has 3 N–H and O–H groups in total. The lowest BCUT2D eigenvalue weighted by Crippen LogP contribution is -2.39. The van der Waals surface area contributed by atoms with E-state index in [-0.39, 0.29) is 10.6 Å². The number of nitrogens with one attached hydrogen (secondary N) is 2. The Morgan fingerprint density at radius 2 is 1.88 bits per heavy atom. The maximum atomic E-state index is 12.1. The maximum absolute atomic E-state index is 12.1. The van der Waals surface area contributed by atoms with Crippen LogP contribution in [0.15, 0.2) is 35.2 Å². The number of benzene rings is 1. The highest BCUT2D eigenvalue weighted by molar-refractivity contribution is 7.90. The molecule has 1 heterocycles. The average molecular weight is 366 g/mol. The molecule has 25 heavy (non-hydrogen) atoms. The first-order valence-corrected chi connectivity index (χ1v) is 8.94. The third-order valence-electron chi connectivity index (χ3n) is 3.26. The second kappa shape index (κ2) is 7.34. The number of carbonyl (C=O) groups excluding carboxylic acids is 1. The molecule has 0 aliphatic heterocycles. The fraction of sp³-hybridized carbons (Fsp3) is 0.267. The van der Waals surface area contributed by atoms with E-state index in [4.69, 9.17) is 5.11 Å². The number of carboxylic acid groups (broad SMARTS) is 1. The summed E-state index contributed by atoms with van der Waals surface area (Å²) in [6.07, 6.45) is 0.684. The molecule has 134 valence electrons. The topological polar surface area (TPSA) is 130 Å². The quantitative estimate of drug-likeness (QED) is 0.706. The molecule has 2 rings (SSSR count). The van der Waals surface area contributed by atoms with Crippen LogP contribution in [0.2, 0.25) is 0 Å². The molecule has 1 aromatic heterocycles. The molecule has 0 saturated carbocycles. The fourth-order valence-electron chi connectivity index (χ4n) is 2.06. The van der Waals surface area contributed by atoms with Gasteiger partial charge in [-0.05, 0) is 43.7 Å². The van der Waals surface area contributed by atoms with Crippen molar-refractivity contribution in [2.75, 3.05) is 6.54 Å². The van der Waals surface area contributed by atoms with Crippen molar-refractivity contribution in [3.8, 4) is 5.69 Å². The maximum Gasteiger partial charge on any atom is 0.356 e. The molecule has 0 spiro atoms. The minimum Gasteiger partial charge on any atom is -0.476 e. The van der Waals surface area contributed by atoms with Crippen molar-refractivity contribution in [1.82, 2.24) is 19.8 Å². The van der Waals surface area contributed by atoms with Crippen molar-refractivity contribution in [3.05, 3.63) is 41.7 Å². The third kappa shape index (κ3) is 4.35. The minimum atomic E-state index is -3.99. The first kappa shape index (κ1) is 18.5. The van der Waals surface area contributed by atoms with Gasteiger partial charge in [0.1, 0.15) is 0 Å². The number of hydrogen-bond acceptors (Lipinski definition) is 5. The van der Waals surface area contributed by atoms with E-state index in [2.05, 4.69) is 10.4 Å². The van der Waals surface area contributed by atoms with Crippen molar-refractivity contribution in [3.63, 3.8) is 0 Å². The van der Waals surface area contributed by atoms with E-state index in [1.165, 1.54) is 35.0 Å². The monoisotopic (exact) mass is 366 g/mol. The zero-order valence-corrected chi connectivity index (χ0v) is 14.5. The Balaban J connectivity index is 2.22. The molecular formula is C15H18N4O5S. The van der Waals surface area contributed by atoms with Gasteiger partial charge in [0.25, 0.3) is 10.0 Å². The molecule has 9 nitrogen and oxygen atoms in total. The second-order valence-corrected chi connectivity index (χ2v) is 6.93. The first-order chi connectivity index (χ1) is 11.7. The number of aromatic carboxylic acids is 1. The summed E-state index contributed by atoms with van der Waals surface area (Å²) in [7, 11) is -3.99. The molecule has 0 atom stereocenters. The summed E-state index contributed by atoms with van der Waals surface area (Å²) in [6, 6.07) is 6.19. The van der Waals surface area contributed by atoms with Crippen LogP contribution >= 0.6 is 0 Å². The average Bonchev–Trinajstić information content (AvgIpc) is 2.95. The standard InChI is InChI=1S/C15H18N4O5S/c1-3-8-16-15(22)18-25(23,24)12-6-4-11(5-7-12)19-10(2)9-13(17-19)14(20)21/h4-7,9H,3,8H2,1-2H3,(H,20,21)(H2,16,18,22). The van der Waals surface area contributed by atoms with E-state index in [0.717, 1.165) is 0 Å². The van der Waals surface area contributed by atoms with Gasteiger partial charge in [-0.15, -0.1) is 0 Å². The molecule has 2 amide bonds. The number of nitrogens with zero attached hydrogens (tertiary/aromatic N) is 2. The van der Waals surface area contributed by atoms with E-state index in [9.17, 15) is 18.0 Å². The highest BCUT2D eigenvalue weighted by Crippen LogP contribution is 2.16. The van der Waals surface area contributed by atoms with Crippen LogP contribution in [-0.4, -0.2) is 41.8 Å². The van der Waals surface area contributed by atoms with Crippen molar-refractivity contribution in [2.24, 2.45) is 0 Å². The number of carbonyl (C=O) groups is 2. The van der Waals surface area contributed by atoms with Gasteiger partial charge < -0.3 is 10.4 Å². The van der Waals surface area contributed by atoms with E-state index < -0.39 is 22.0 Å². The van der Waals surface area contributed by atoms with Gasteiger partial charge in [-0.3, -0.25) is 0 Å². The third-order valence-corrected chi connectivity index (χ3v) is 4.61. The number of carboxylic acids is 1. The van der Waals surface area contributed by atoms with Crippen LogP contribution in [0.1, 0.15) is 29.5 Å². The summed E-state index contributed by atoms with van der Waals surface area (Å²) in [6.45, 7) is 3.90. The number of sulfonamides is 1. The summed E-state index contributed by atoms with van der Waals surface area (Å²) in [5.41, 5.74) is 0.980. The number of urea groups is 1. The molecule has 1 aromatic carbocycles. The number of aromatic nitrogens is 2. The zero-order chi connectivity index (χ0) is 18.6. The van der Waals surface area contributed by atoms with Crippen LogP contribution in [0.4, 0.5) is 4.79 Å². The van der Waals surface area contributed by atoms with Crippen molar-refractivity contribution >= 4 is 22.0 Å². The number of aryl methyl sites for hydroxylation is 1. The van der Waals surface area contributed by atoms with Gasteiger partial charge in [-0.2, -0.15) is 5.10 Å². The number of rotatable bonds is 6. The highest BCUT2D eigenvalue weighted by atomic mass is 32.2. The summed E-state index contributed by atoms with van der Waals surface area (Å²) < 4.78 is 27.6. The Bertz CT molecular complexity index is 887. The molecule has 0 bridgehead atoms. The largest absolute Gasteiger partial charge is 0.476 e. The van der Waals surface area contributed by atoms with Gasteiger partial charge in [0.15, 0.2) is 5.69 Å². The van der Waals surface area contributed by atoms with E-state index in [1.807, 2.05) is 11.6 Å². The summed E-state index contributed by atoms with van der Waals surface area (Å²) in [5, 5.41) is 15.3. The lowest BCUT2D eigenvalue weighted by atomic mass is 10.3. The predicted molar refractivity (Wildman–Crippen MR) is 89.3 cm³/mol. The number of amides is 2. The lowest BCUT2D eigenvalue weighted by Gasteiger charge is -2.09. The van der Waals surface area contributed by atoms with Crippen molar-refractivity contribution in [1.29, 1.82) is 0 Å². The molecule has 0 fully saturated rings. The van der Waals surface area contributed by atoms with Crippen LogP contribution in [0.5, 0.6) is 0 Å². The summed E-state index contributed by atoms with van der Waals surface area (Å²) in [4.78, 5) is 22.4. The predicted octanol–water partition coefficient (Wildman–Crippen LogP) is 1.28.